The lowest BCUT2D eigenvalue weighted by Crippen LogP contribution is -2.20. The SMILES string of the molecule is CNC(=O)c1ccc(NC(=O)COC(=O)/C=C/c2ccc(OC(F)(F)F)cc2)cc1. The molecule has 0 aliphatic heterocycles. The molecule has 0 aliphatic carbocycles. The van der Waals surface area contributed by atoms with Gasteiger partial charge in [-0.05, 0) is 48.0 Å². The number of hydrogen-bond donors (Lipinski definition) is 2. The molecule has 2 N–H and O–H groups in total. The van der Waals surface area contributed by atoms with Crippen molar-refractivity contribution in [3.63, 3.8) is 0 Å². The van der Waals surface area contributed by atoms with Gasteiger partial charge in [0.1, 0.15) is 5.75 Å². The fraction of sp³-hybridized carbons (Fsp3) is 0.150. The van der Waals surface area contributed by atoms with Crippen molar-refractivity contribution in [3.8, 4) is 5.75 Å². The second-order valence-electron chi connectivity index (χ2n) is 5.76. The maximum atomic E-state index is 12.1. The molecule has 0 radical (unpaired) electrons. The van der Waals surface area contributed by atoms with E-state index in [0.29, 0.717) is 16.8 Å². The molecule has 0 saturated carbocycles. The summed E-state index contributed by atoms with van der Waals surface area (Å²) in [5.74, 6) is -2.05. The van der Waals surface area contributed by atoms with Crippen molar-refractivity contribution in [1.82, 2.24) is 5.32 Å². The molecule has 10 heteroatoms. The Hall–Kier alpha value is -3.82. The second-order valence-corrected chi connectivity index (χ2v) is 5.76. The second kappa shape index (κ2) is 10.1. The fourth-order valence-corrected chi connectivity index (χ4v) is 2.18. The molecule has 0 aromatic heterocycles. The Morgan fingerprint density at radius 1 is 1.00 bits per heavy atom. The minimum Gasteiger partial charge on any atom is -0.452 e. The zero-order valence-electron chi connectivity index (χ0n) is 15.7. The lowest BCUT2D eigenvalue weighted by molar-refractivity contribution is -0.274. The van der Waals surface area contributed by atoms with E-state index in [1.165, 1.54) is 49.5 Å². The van der Waals surface area contributed by atoms with E-state index in [0.717, 1.165) is 18.2 Å². The highest BCUT2D eigenvalue weighted by molar-refractivity contribution is 5.96. The summed E-state index contributed by atoms with van der Waals surface area (Å²) in [6.45, 7) is -0.543. The van der Waals surface area contributed by atoms with E-state index in [-0.39, 0.29) is 11.7 Å². The van der Waals surface area contributed by atoms with Gasteiger partial charge < -0.3 is 20.1 Å². The first-order valence-corrected chi connectivity index (χ1v) is 8.49. The van der Waals surface area contributed by atoms with Gasteiger partial charge in [-0.3, -0.25) is 9.59 Å². The molecule has 0 unspecified atom stereocenters. The number of hydrogen-bond acceptors (Lipinski definition) is 5. The summed E-state index contributed by atoms with van der Waals surface area (Å²) in [7, 11) is 1.50. The van der Waals surface area contributed by atoms with E-state index >= 15 is 0 Å². The van der Waals surface area contributed by atoms with Gasteiger partial charge in [-0.2, -0.15) is 0 Å². The Bertz CT molecular complexity index is 923. The summed E-state index contributed by atoms with van der Waals surface area (Å²) >= 11 is 0. The highest BCUT2D eigenvalue weighted by atomic mass is 19.4. The maximum absolute atomic E-state index is 12.1. The van der Waals surface area contributed by atoms with Crippen LogP contribution in [0.15, 0.2) is 54.6 Å². The van der Waals surface area contributed by atoms with Crippen LogP contribution in [0, 0.1) is 0 Å². The average Bonchev–Trinajstić information content (AvgIpc) is 2.70. The van der Waals surface area contributed by atoms with E-state index in [2.05, 4.69) is 15.4 Å². The maximum Gasteiger partial charge on any atom is 0.573 e. The average molecular weight is 422 g/mol. The minimum absolute atomic E-state index is 0.267. The first-order chi connectivity index (χ1) is 14.2. The zero-order chi connectivity index (χ0) is 22.1. The summed E-state index contributed by atoms with van der Waals surface area (Å²) in [5.41, 5.74) is 1.27. The number of rotatable bonds is 7. The molecule has 0 bridgehead atoms. The third-order valence-electron chi connectivity index (χ3n) is 3.53. The predicted octanol–water partition coefficient (Wildman–Crippen LogP) is 3.14. The summed E-state index contributed by atoms with van der Waals surface area (Å²) in [6, 6.07) is 10.9. The largest absolute Gasteiger partial charge is 0.573 e. The van der Waals surface area contributed by atoms with Crippen molar-refractivity contribution in [3.05, 3.63) is 65.7 Å². The number of amides is 2. The van der Waals surface area contributed by atoms with Gasteiger partial charge in [0.15, 0.2) is 6.61 Å². The van der Waals surface area contributed by atoms with Gasteiger partial charge in [0.2, 0.25) is 0 Å². The van der Waals surface area contributed by atoms with Crippen LogP contribution in [0.3, 0.4) is 0 Å². The highest BCUT2D eigenvalue weighted by Gasteiger charge is 2.30. The molecule has 158 valence electrons. The standard InChI is InChI=1S/C20H17F3N2O5/c1-24-19(28)14-5-7-15(8-6-14)25-17(26)12-29-18(27)11-4-13-2-9-16(10-3-13)30-20(21,22)23/h2-11H,12H2,1H3,(H,24,28)(H,25,26)/b11-4+. The normalized spacial score (nSPS) is 11.1. The number of esters is 1. The molecule has 2 rings (SSSR count). The molecule has 2 aromatic rings. The summed E-state index contributed by atoms with van der Waals surface area (Å²) in [6.07, 6.45) is -2.44. The summed E-state index contributed by atoms with van der Waals surface area (Å²) in [4.78, 5) is 34.9. The van der Waals surface area contributed by atoms with Crippen LogP contribution in [0.25, 0.3) is 6.08 Å². The van der Waals surface area contributed by atoms with Crippen LogP contribution in [-0.2, 0) is 14.3 Å². The van der Waals surface area contributed by atoms with Gasteiger partial charge in [0.25, 0.3) is 11.8 Å². The molecule has 0 atom stereocenters. The number of carbonyl (C=O) groups is 3. The third kappa shape index (κ3) is 7.66. The number of alkyl halides is 3. The first kappa shape index (κ1) is 22.5. The minimum atomic E-state index is -4.78. The smallest absolute Gasteiger partial charge is 0.452 e. The number of benzene rings is 2. The van der Waals surface area contributed by atoms with Crippen molar-refractivity contribution in [2.45, 2.75) is 6.36 Å². The monoisotopic (exact) mass is 422 g/mol. The van der Waals surface area contributed by atoms with E-state index in [1.54, 1.807) is 0 Å². The molecule has 0 saturated heterocycles. The van der Waals surface area contributed by atoms with Crippen molar-refractivity contribution in [2.75, 3.05) is 19.0 Å². The quantitative estimate of drug-likeness (QED) is 0.528. The molecular weight excluding hydrogens is 405 g/mol. The van der Waals surface area contributed by atoms with Crippen LogP contribution in [-0.4, -0.2) is 37.8 Å². The van der Waals surface area contributed by atoms with E-state index in [4.69, 9.17) is 4.74 Å². The number of anilines is 1. The van der Waals surface area contributed by atoms with Crippen LogP contribution in [0.4, 0.5) is 18.9 Å². The molecule has 7 nitrogen and oxygen atoms in total. The lowest BCUT2D eigenvalue weighted by atomic mass is 10.2. The van der Waals surface area contributed by atoms with E-state index in [1.807, 2.05) is 0 Å². The zero-order valence-corrected chi connectivity index (χ0v) is 15.7. The van der Waals surface area contributed by atoms with Crippen molar-refractivity contribution in [2.24, 2.45) is 0 Å². The Labute approximate surface area is 169 Å². The van der Waals surface area contributed by atoms with Crippen molar-refractivity contribution in [1.29, 1.82) is 0 Å². The number of ether oxygens (including phenoxy) is 2. The first-order valence-electron chi connectivity index (χ1n) is 8.49. The van der Waals surface area contributed by atoms with Crippen LogP contribution < -0.4 is 15.4 Å². The van der Waals surface area contributed by atoms with Crippen LogP contribution in [0.1, 0.15) is 15.9 Å². The molecule has 30 heavy (non-hydrogen) atoms. The van der Waals surface area contributed by atoms with Gasteiger partial charge in [0, 0.05) is 24.4 Å². The number of carbonyl (C=O) groups excluding carboxylic acids is 3. The van der Waals surface area contributed by atoms with Gasteiger partial charge >= 0.3 is 12.3 Å². The van der Waals surface area contributed by atoms with Crippen LogP contribution in [0.5, 0.6) is 5.75 Å². The lowest BCUT2D eigenvalue weighted by Gasteiger charge is -2.08. The molecule has 2 amide bonds. The molecule has 0 spiro atoms. The highest BCUT2D eigenvalue weighted by Crippen LogP contribution is 2.23. The van der Waals surface area contributed by atoms with Crippen LogP contribution >= 0.6 is 0 Å². The van der Waals surface area contributed by atoms with Crippen molar-refractivity contribution < 1.29 is 37.0 Å². The number of nitrogens with one attached hydrogen (secondary N) is 2. The molecule has 0 fully saturated rings. The summed E-state index contributed by atoms with van der Waals surface area (Å²) in [5, 5.41) is 4.97. The Morgan fingerprint density at radius 3 is 2.20 bits per heavy atom. The third-order valence-corrected chi connectivity index (χ3v) is 3.53. The van der Waals surface area contributed by atoms with Gasteiger partial charge in [-0.15, -0.1) is 13.2 Å². The van der Waals surface area contributed by atoms with Gasteiger partial charge in [-0.1, -0.05) is 12.1 Å². The predicted molar refractivity (Wildman–Crippen MR) is 102 cm³/mol. The van der Waals surface area contributed by atoms with Gasteiger partial charge in [-0.25, -0.2) is 4.79 Å². The van der Waals surface area contributed by atoms with Crippen molar-refractivity contribution >= 4 is 29.5 Å². The van der Waals surface area contributed by atoms with E-state index < -0.39 is 24.8 Å². The Balaban J connectivity index is 1.79. The molecule has 0 heterocycles. The van der Waals surface area contributed by atoms with Crippen LogP contribution in [0.2, 0.25) is 0 Å². The Morgan fingerprint density at radius 2 is 1.63 bits per heavy atom. The number of halogens is 3. The fourth-order valence-electron chi connectivity index (χ4n) is 2.18. The topological polar surface area (TPSA) is 93.7 Å². The molecule has 2 aromatic carbocycles. The van der Waals surface area contributed by atoms with Gasteiger partial charge in [0.05, 0.1) is 0 Å². The summed E-state index contributed by atoms with van der Waals surface area (Å²) < 4.78 is 44.8. The Kier molecular flexibility index (Phi) is 7.56. The van der Waals surface area contributed by atoms with E-state index in [9.17, 15) is 27.6 Å². The molecule has 0 aliphatic rings. The molecular formula is C20H17F3N2O5.